The summed E-state index contributed by atoms with van der Waals surface area (Å²) in [5.41, 5.74) is 1.97. The lowest BCUT2D eigenvalue weighted by Crippen LogP contribution is -2.11. The third kappa shape index (κ3) is 3.61. The van der Waals surface area contributed by atoms with E-state index in [0.29, 0.717) is 19.0 Å². The molecule has 0 bridgehead atoms. The second-order valence-electron chi connectivity index (χ2n) is 4.44. The molecular formula is C13H16ClN3O3S. The first-order chi connectivity index (χ1) is 9.97. The molecular weight excluding hydrogens is 314 g/mol. The van der Waals surface area contributed by atoms with Gasteiger partial charge < -0.3 is 4.74 Å². The number of ether oxygens (including phenoxy) is 1. The van der Waals surface area contributed by atoms with Crippen molar-refractivity contribution in [2.24, 2.45) is 0 Å². The number of methoxy groups -OCH3 is 1. The number of rotatable bonds is 6. The topological polar surface area (TPSA) is 74.1 Å². The summed E-state index contributed by atoms with van der Waals surface area (Å²) in [6.07, 6.45) is 0.929. The van der Waals surface area contributed by atoms with Crippen molar-refractivity contribution in [2.75, 3.05) is 13.7 Å². The average molecular weight is 330 g/mol. The van der Waals surface area contributed by atoms with Gasteiger partial charge in [-0.2, -0.15) is 0 Å². The molecule has 2 rings (SSSR count). The largest absolute Gasteiger partial charge is 0.383 e. The van der Waals surface area contributed by atoms with E-state index in [-0.39, 0.29) is 5.16 Å². The molecule has 8 heteroatoms. The fourth-order valence-electron chi connectivity index (χ4n) is 1.96. The first kappa shape index (κ1) is 15.9. The Morgan fingerprint density at radius 1 is 1.24 bits per heavy atom. The van der Waals surface area contributed by atoms with E-state index in [9.17, 15) is 8.42 Å². The van der Waals surface area contributed by atoms with Gasteiger partial charge in [0.2, 0.25) is 0 Å². The van der Waals surface area contributed by atoms with Crippen molar-refractivity contribution in [3.8, 4) is 11.4 Å². The van der Waals surface area contributed by atoms with E-state index in [1.54, 1.807) is 0 Å². The number of hydrogen-bond acceptors (Lipinski definition) is 5. The predicted molar refractivity (Wildman–Crippen MR) is 79.8 cm³/mol. The summed E-state index contributed by atoms with van der Waals surface area (Å²) in [6, 6.07) is 7.71. The van der Waals surface area contributed by atoms with Gasteiger partial charge in [-0.1, -0.05) is 31.2 Å². The average Bonchev–Trinajstić information content (AvgIpc) is 2.89. The van der Waals surface area contributed by atoms with Gasteiger partial charge in [-0.3, -0.25) is 4.57 Å². The second-order valence-corrected chi connectivity index (χ2v) is 6.90. The third-order valence-electron chi connectivity index (χ3n) is 3.07. The highest BCUT2D eigenvalue weighted by Gasteiger charge is 2.23. The van der Waals surface area contributed by atoms with Crippen LogP contribution in [0.15, 0.2) is 29.4 Å². The maximum absolute atomic E-state index is 11.6. The molecule has 114 valence electrons. The molecule has 1 aromatic carbocycles. The molecule has 1 aromatic heterocycles. The summed E-state index contributed by atoms with van der Waals surface area (Å²) in [7, 11) is 2.98. The number of aryl methyl sites for hydroxylation is 1. The van der Waals surface area contributed by atoms with Gasteiger partial charge >= 0.3 is 0 Å². The molecule has 0 unspecified atom stereocenters. The van der Waals surface area contributed by atoms with Gasteiger partial charge in [-0.05, 0) is 12.0 Å². The quantitative estimate of drug-likeness (QED) is 0.759. The van der Waals surface area contributed by atoms with Gasteiger partial charge in [0.05, 0.1) is 13.2 Å². The van der Waals surface area contributed by atoms with Gasteiger partial charge in [-0.25, -0.2) is 8.42 Å². The third-order valence-corrected chi connectivity index (χ3v) is 4.23. The van der Waals surface area contributed by atoms with Gasteiger partial charge in [0.25, 0.3) is 14.2 Å². The lowest BCUT2D eigenvalue weighted by Gasteiger charge is -2.08. The Bertz CT molecular complexity index is 711. The Labute approximate surface area is 128 Å². The summed E-state index contributed by atoms with van der Waals surface area (Å²) >= 11 is 0. The Morgan fingerprint density at radius 3 is 2.43 bits per heavy atom. The van der Waals surface area contributed by atoms with Crippen LogP contribution < -0.4 is 0 Å². The highest BCUT2D eigenvalue weighted by Crippen LogP contribution is 2.23. The molecule has 0 aliphatic carbocycles. The molecule has 0 aliphatic heterocycles. The van der Waals surface area contributed by atoms with Crippen molar-refractivity contribution >= 4 is 19.7 Å². The molecule has 0 atom stereocenters. The Balaban J connectivity index is 2.49. The van der Waals surface area contributed by atoms with Crippen LogP contribution in [0.5, 0.6) is 0 Å². The summed E-state index contributed by atoms with van der Waals surface area (Å²) in [6.45, 7) is 2.70. The minimum absolute atomic E-state index is 0.268. The van der Waals surface area contributed by atoms with Crippen LogP contribution in [0.25, 0.3) is 11.4 Å². The molecule has 0 radical (unpaired) electrons. The number of aromatic nitrogens is 3. The van der Waals surface area contributed by atoms with Crippen LogP contribution in [-0.2, 0) is 26.8 Å². The molecule has 0 aliphatic rings. The highest BCUT2D eigenvalue weighted by molar-refractivity contribution is 8.13. The van der Waals surface area contributed by atoms with Crippen LogP contribution in [0.2, 0.25) is 0 Å². The molecule has 1 heterocycles. The van der Waals surface area contributed by atoms with E-state index in [4.69, 9.17) is 15.4 Å². The van der Waals surface area contributed by atoms with E-state index < -0.39 is 9.05 Å². The molecule has 2 aromatic rings. The highest BCUT2D eigenvalue weighted by atomic mass is 35.7. The van der Waals surface area contributed by atoms with Gasteiger partial charge in [0.15, 0.2) is 5.82 Å². The second kappa shape index (κ2) is 6.55. The maximum atomic E-state index is 11.6. The van der Waals surface area contributed by atoms with Crippen molar-refractivity contribution in [3.05, 3.63) is 29.8 Å². The smallest absolute Gasteiger partial charge is 0.296 e. The summed E-state index contributed by atoms with van der Waals surface area (Å²) in [5.74, 6) is 0.453. The van der Waals surface area contributed by atoms with E-state index in [1.165, 1.54) is 17.2 Å². The zero-order valence-electron chi connectivity index (χ0n) is 11.8. The predicted octanol–water partition coefficient (Wildman–Crippen LogP) is 2.08. The SMILES string of the molecule is CCc1ccc(-c2nnc(S(=O)(=O)Cl)n2CCOC)cc1. The van der Waals surface area contributed by atoms with E-state index >= 15 is 0 Å². The van der Waals surface area contributed by atoms with Crippen molar-refractivity contribution in [3.63, 3.8) is 0 Å². The molecule has 0 saturated heterocycles. The molecule has 0 spiro atoms. The molecule has 0 fully saturated rings. The monoisotopic (exact) mass is 329 g/mol. The van der Waals surface area contributed by atoms with Crippen LogP contribution in [0.1, 0.15) is 12.5 Å². The number of hydrogen-bond donors (Lipinski definition) is 0. The standard InChI is InChI=1S/C13H16ClN3O3S/c1-3-10-4-6-11(7-5-10)12-15-16-13(21(14,18)19)17(12)8-9-20-2/h4-7H,3,8-9H2,1-2H3. The maximum Gasteiger partial charge on any atom is 0.296 e. The van der Waals surface area contributed by atoms with Crippen molar-refractivity contribution in [1.29, 1.82) is 0 Å². The van der Waals surface area contributed by atoms with Crippen LogP contribution in [0, 0.1) is 0 Å². The zero-order chi connectivity index (χ0) is 15.5. The van der Waals surface area contributed by atoms with Crippen molar-refractivity contribution < 1.29 is 13.2 Å². The Kier molecular flexibility index (Phi) is 4.97. The summed E-state index contributed by atoms with van der Waals surface area (Å²) in [5, 5.41) is 7.38. The number of halogens is 1. The number of benzene rings is 1. The first-order valence-corrected chi connectivity index (χ1v) is 8.74. The van der Waals surface area contributed by atoms with E-state index in [2.05, 4.69) is 17.1 Å². The minimum Gasteiger partial charge on any atom is -0.383 e. The van der Waals surface area contributed by atoms with Crippen LogP contribution in [-0.4, -0.2) is 36.9 Å². The Hall–Kier alpha value is -1.44. The Morgan fingerprint density at radius 2 is 1.90 bits per heavy atom. The van der Waals surface area contributed by atoms with Gasteiger partial charge in [-0.15, -0.1) is 10.2 Å². The lowest BCUT2D eigenvalue weighted by atomic mass is 10.1. The van der Waals surface area contributed by atoms with Crippen LogP contribution >= 0.6 is 10.7 Å². The van der Waals surface area contributed by atoms with E-state index in [1.807, 2.05) is 24.3 Å². The lowest BCUT2D eigenvalue weighted by molar-refractivity contribution is 0.185. The molecule has 21 heavy (non-hydrogen) atoms. The fraction of sp³-hybridized carbons (Fsp3) is 0.385. The molecule has 0 amide bonds. The van der Waals surface area contributed by atoms with Crippen molar-refractivity contribution in [1.82, 2.24) is 14.8 Å². The van der Waals surface area contributed by atoms with Gasteiger partial charge in [0, 0.05) is 23.4 Å². The molecule has 0 saturated carbocycles. The van der Waals surface area contributed by atoms with Crippen molar-refractivity contribution in [2.45, 2.75) is 25.0 Å². The van der Waals surface area contributed by atoms with Crippen LogP contribution in [0.4, 0.5) is 0 Å². The van der Waals surface area contributed by atoms with Crippen LogP contribution in [0.3, 0.4) is 0 Å². The first-order valence-electron chi connectivity index (χ1n) is 6.43. The normalized spacial score (nSPS) is 11.8. The molecule has 0 N–H and O–H groups in total. The number of nitrogens with zero attached hydrogens (tertiary/aromatic N) is 3. The van der Waals surface area contributed by atoms with E-state index in [0.717, 1.165) is 12.0 Å². The fourth-order valence-corrected chi connectivity index (χ4v) is 2.88. The summed E-state index contributed by atoms with van der Waals surface area (Å²) in [4.78, 5) is 0. The molecule has 6 nitrogen and oxygen atoms in total. The minimum atomic E-state index is -3.96. The summed E-state index contributed by atoms with van der Waals surface area (Å²) < 4.78 is 29.6. The zero-order valence-corrected chi connectivity index (χ0v) is 13.4. The van der Waals surface area contributed by atoms with Gasteiger partial charge in [0.1, 0.15) is 0 Å².